The van der Waals surface area contributed by atoms with Crippen LogP contribution < -0.4 is 4.74 Å². The van der Waals surface area contributed by atoms with Crippen molar-refractivity contribution in [2.45, 2.75) is 6.36 Å². The molecule has 1 aromatic heterocycles. The predicted molar refractivity (Wildman–Crippen MR) is 66.1 cm³/mol. The maximum absolute atomic E-state index is 12.0. The van der Waals surface area contributed by atoms with Crippen LogP contribution in [-0.2, 0) is 0 Å². The van der Waals surface area contributed by atoms with Gasteiger partial charge in [-0.2, -0.15) is 0 Å². The van der Waals surface area contributed by atoms with Crippen LogP contribution in [0.15, 0.2) is 30.3 Å². The number of hydrogen-bond acceptors (Lipinski definition) is 4. The SMILES string of the molecule is O=C(O)c1cc(-c2ccc(OC(F)(F)F)cc2)nnc1Cl. The lowest BCUT2D eigenvalue weighted by molar-refractivity contribution is -0.274. The summed E-state index contributed by atoms with van der Waals surface area (Å²) >= 11 is 5.58. The zero-order chi connectivity index (χ0) is 15.6. The van der Waals surface area contributed by atoms with Gasteiger partial charge in [0.25, 0.3) is 0 Å². The topological polar surface area (TPSA) is 72.3 Å². The molecular weight excluding hydrogens is 313 g/mol. The number of carbonyl (C=O) groups is 1. The van der Waals surface area contributed by atoms with Crippen molar-refractivity contribution >= 4 is 17.6 Å². The lowest BCUT2D eigenvalue weighted by Gasteiger charge is -2.09. The van der Waals surface area contributed by atoms with Crippen molar-refractivity contribution in [3.8, 4) is 17.0 Å². The van der Waals surface area contributed by atoms with Crippen molar-refractivity contribution in [1.82, 2.24) is 10.2 Å². The third kappa shape index (κ3) is 3.82. The molecule has 5 nitrogen and oxygen atoms in total. The van der Waals surface area contributed by atoms with Gasteiger partial charge in [0, 0.05) is 5.56 Å². The summed E-state index contributed by atoms with van der Waals surface area (Å²) in [6, 6.07) is 5.94. The van der Waals surface area contributed by atoms with Crippen molar-refractivity contribution in [1.29, 1.82) is 0 Å². The fourth-order valence-corrected chi connectivity index (χ4v) is 1.67. The highest BCUT2D eigenvalue weighted by atomic mass is 35.5. The number of halogens is 4. The summed E-state index contributed by atoms with van der Waals surface area (Å²) in [6.07, 6.45) is -4.78. The predicted octanol–water partition coefficient (Wildman–Crippen LogP) is 3.39. The molecule has 0 aliphatic heterocycles. The molecule has 0 amide bonds. The van der Waals surface area contributed by atoms with Gasteiger partial charge < -0.3 is 9.84 Å². The Hall–Kier alpha value is -2.35. The molecule has 0 spiro atoms. The lowest BCUT2D eigenvalue weighted by atomic mass is 10.1. The van der Waals surface area contributed by atoms with Gasteiger partial charge in [-0.1, -0.05) is 11.6 Å². The number of nitrogens with zero attached hydrogens (tertiary/aromatic N) is 2. The van der Waals surface area contributed by atoms with Gasteiger partial charge in [-0.15, -0.1) is 23.4 Å². The van der Waals surface area contributed by atoms with E-state index >= 15 is 0 Å². The summed E-state index contributed by atoms with van der Waals surface area (Å²) in [7, 11) is 0. The second-order valence-electron chi connectivity index (χ2n) is 3.81. The van der Waals surface area contributed by atoms with Gasteiger partial charge in [0.2, 0.25) is 0 Å². The molecule has 0 saturated carbocycles. The van der Waals surface area contributed by atoms with E-state index in [1.54, 1.807) is 0 Å². The van der Waals surface area contributed by atoms with Crippen LogP contribution in [0, 0.1) is 0 Å². The van der Waals surface area contributed by atoms with Gasteiger partial charge in [-0.3, -0.25) is 0 Å². The van der Waals surface area contributed by atoms with Crippen LogP contribution in [-0.4, -0.2) is 27.6 Å². The quantitative estimate of drug-likeness (QED) is 0.939. The van der Waals surface area contributed by atoms with E-state index in [0.29, 0.717) is 5.56 Å². The molecule has 2 rings (SSSR count). The van der Waals surface area contributed by atoms with E-state index in [4.69, 9.17) is 16.7 Å². The highest BCUT2D eigenvalue weighted by Gasteiger charge is 2.31. The van der Waals surface area contributed by atoms with Crippen molar-refractivity contribution in [3.63, 3.8) is 0 Å². The third-order valence-electron chi connectivity index (χ3n) is 2.36. The molecule has 1 N–H and O–H groups in total. The molecule has 0 fully saturated rings. The average Bonchev–Trinajstić information content (AvgIpc) is 2.38. The smallest absolute Gasteiger partial charge is 0.478 e. The number of aromatic nitrogens is 2. The van der Waals surface area contributed by atoms with Crippen LogP contribution in [0.4, 0.5) is 13.2 Å². The van der Waals surface area contributed by atoms with E-state index in [0.717, 1.165) is 12.1 Å². The van der Waals surface area contributed by atoms with Gasteiger partial charge in [0.15, 0.2) is 5.15 Å². The Morgan fingerprint density at radius 2 is 1.81 bits per heavy atom. The van der Waals surface area contributed by atoms with Crippen molar-refractivity contribution in [2.75, 3.05) is 0 Å². The second-order valence-corrected chi connectivity index (χ2v) is 4.17. The fourth-order valence-electron chi connectivity index (χ4n) is 1.50. The Kier molecular flexibility index (Phi) is 3.99. The molecule has 0 bridgehead atoms. The Balaban J connectivity index is 2.31. The van der Waals surface area contributed by atoms with E-state index in [1.165, 1.54) is 18.2 Å². The Labute approximate surface area is 120 Å². The molecule has 0 aliphatic carbocycles. The molecule has 1 aromatic carbocycles. The van der Waals surface area contributed by atoms with E-state index in [9.17, 15) is 18.0 Å². The van der Waals surface area contributed by atoms with Crippen LogP contribution in [0.1, 0.15) is 10.4 Å². The van der Waals surface area contributed by atoms with E-state index in [-0.39, 0.29) is 16.4 Å². The molecule has 0 radical (unpaired) electrons. The minimum absolute atomic E-state index is 0.162. The number of ether oxygens (including phenoxy) is 1. The normalized spacial score (nSPS) is 11.2. The molecule has 21 heavy (non-hydrogen) atoms. The summed E-state index contributed by atoms with van der Waals surface area (Å²) in [5.41, 5.74) is 0.281. The zero-order valence-electron chi connectivity index (χ0n) is 10.1. The van der Waals surface area contributed by atoms with E-state index in [1.807, 2.05) is 0 Å². The number of rotatable bonds is 3. The second kappa shape index (κ2) is 5.57. The van der Waals surface area contributed by atoms with Gasteiger partial charge in [0.05, 0.1) is 5.69 Å². The van der Waals surface area contributed by atoms with E-state index < -0.39 is 18.1 Å². The monoisotopic (exact) mass is 318 g/mol. The zero-order valence-corrected chi connectivity index (χ0v) is 10.8. The number of alkyl halides is 3. The number of benzene rings is 1. The number of hydrogen-bond donors (Lipinski definition) is 1. The maximum Gasteiger partial charge on any atom is 0.573 e. The molecule has 0 saturated heterocycles. The first-order chi connectivity index (χ1) is 9.76. The van der Waals surface area contributed by atoms with Crippen LogP contribution in [0.25, 0.3) is 11.3 Å². The Morgan fingerprint density at radius 3 is 2.33 bits per heavy atom. The molecule has 1 heterocycles. The molecule has 0 aliphatic rings. The Morgan fingerprint density at radius 1 is 1.19 bits per heavy atom. The number of carboxylic acid groups (broad SMARTS) is 1. The minimum Gasteiger partial charge on any atom is -0.478 e. The van der Waals surface area contributed by atoms with Crippen molar-refractivity contribution in [3.05, 3.63) is 41.0 Å². The molecule has 9 heteroatoms. The average molecular weight is 319 g/mol. The number of aromatic carboxylic acids is 1. The first kappa shape index (κ1) is 15.0. The van der Waals surface area contributed by atoms with Gasteiger partial charge in [-0.05, 0) is 30.3 Å². The first-order valence-electron chi connectivity index (χ1n) is 5.39. The first-order valence-corrected chi connectivity index (χ1v) is 5.77. The minimum atomic E-state index is -4.78. The largest absolute Gasteiger partial charge is 0.573 e. The van der Waals surface area contributed by atoms with Crippen LogP contribution >= 0.6 is 11.6 Å². The van der Waals surface area contributed by atoms with Crippen LogP contribution in [0.2, 0.25) is 5.15 Å². The standard InChI is InChI=1S/C12H6ClF3N2O3/c13-10-8(11(19)20)5-9(17-18-10)6-1-3-7(4-2-6)21-12(14,15)16/h1-5H,(H,19,20). The maximum atomic E-state index is 12.0. The van der Waals surface area contributed by atoms with Crippen molar-refractivity contribution in [2.24, 2.45) is 0 Å². The molecule has 2 aromatic rings. The third-order valence-corrected chi connectivity index (χ3v) is 2.64. The Bertz CT molecular complexity index is 674. The van der Waals surface area contributed by atoms with Gasteiger partial charge >= 0.3 is 12.3 Å². The van der Waals surface area contributed by atoms with Gasteiger partial charge in [-0.25, -0.2) is 4.79 Å². The van der Waals surface area contributed by atoms with E-state index in [2.05, 4.69) is 14.9 Å². The summed E-state index contributed by atoms with van der Waals surface area (Å²) in [5.74, 6) is -1.68. The fraction of sp³-hybridized carbons (Fsp3) is 0.0833. The molecular formula is C12H6ClF3N2O3. The number of carboxylic acids is 1. The molecule has 0 atom stereocenters. The highest BCUT2D eigenvalue weighted by Crippen LogP contribution is 2.26. The molecule has 0 unspecified atom stereocenters. The summed E-state index contributed by atoms with van der Waals surface area (Å²) in [5, 5.41) is 15.8. The summed E-state index contributed by atoms with van der Waals surface area (Å²) < 4.78 is 39.8. The molecule has 110 valence electrons. The summed E-state index contributed by atoms with van der Waals surface area (Å²) in [6.45, 7) is 0. The summed E-state index contributed by atoms with van der Waals surface area (Å²) in [4.78, 5) is 10.9. The van der Waals surface area contributed by atoms with Crippen molar-refractivity contribution < 1.29 is 27.8 Å². The van der Waals surface area contributed by atoms with Crippen LogP contribution in [0.5, 0.6) is 5.75 Å². The van der Waals surface area contributed by atoms with Gasteiger partial charge in [0.1, 0.15) is 11.3 Å². The highest BCUT2D eigenvalue weighted by molar-refractivity contribution is 6.32. The lowest BCUT2D eigenvalue weighted by Crippen LogP contribution is -2.16. The van der Waals surface area contributed by atoms with Crippen LogP contribution in [0.3, 0.4) is 0 Å².